The summed E-state index contributed by atoms with van der Waals surface area (Å²) in [6.07, 6.45) is 7.53. The third-order valence-corrected chi connectivity index (χ3v) is 6.44. The number of carbonyl (C=O) groups excluding carboxylic acids is 2. The average Bonchev–Trinajstić information content (AvgIpc) is 2.70. The summed E-state index contributed by atoms with van der Waals surface area (Å²) in [5.41, 5.74) is 1.02. The number of nitrogens with zero attached hydrogens (tertiary/aromatic N) is 2. The lowest BCUT2D eigenvalue weighted by Crippen LogP contribution is -2.43. The van der Waals surface area contributed by atoms with Gasteiger partial charge >= 0.3 is 0 Å². The van der Waals surface area contributed by atoms with Gasteiger partial charge in [-0.1, -0.05) is 36.4 Å². The van der Waals surface area contributed by atoms with Gasteiger partial charge in [-0.05, 0) is 36.7 Å². The lowest BCUT2D eigenvalue weighted by atomic mass is 10.00. The molecular weight excluding hydrogens is 404 g/mol. The molecule has 0 bridgehead atoms. The minimum Gasteiger partial charge on any atom is -0.335 e. The van der Waals surface area contributed by atoms with Crippen LogP contribution in [0.15, 0.2) is 42.5 Å². The SMILES string of the molecule is CN(C)OSCCCSCCN1C(=O)CCC[C@@H]1/C=C/C(=O)Cc1ccccc1. The number of allylic oxidation sites excluding steroid dienone is 1. The van der Waals surface area contributed by atoms with E-state index in [1.807, 2.05) is 67.2 Å². The molecule has 1 aromatic rings. The van der Waals surface area contributed by atoms with Crippen LogP contribution in [0.25, 0.3) is 0 Å². The topological polar surface area (TPSA) is 49.9 Å². The van der Waals surface area contributed by atoms with E-state index in [1.54, 1.807) is 11.1 Å². The molecule has 1 aliphatic rings. The third kappa shape index (κ3) is 9.85. The van der Waals surface area contributed by atoms with E-state index >= 15 is 0 Å². The van der Waals surface area contributed by atoms with Crippen LogP contribution in [0.1, 0.15) is 31.2 Å². The summed E-state index contributed by atoms with van der Waals surface area (Å²) in [7, 11) is 3.75. The number of likely N-dealkylation sites (tertiary alicyclic amines) is 1. The highest BCUT2D eigenvalue weighted by Crippen LogP contribution is 2.20. The van der Waals surface area contributed by atoms with Crippen molar-refractivity contribution in [2.24, 2.45) is 0 Å². The molecule has 5 nitrogen and oxygen atoms in total. The van der Waals surface area contributed by atoms with Crippen LogP contribution in [0.3, 0.4) is 0 Å². The fourth-order valence-electron chi connectivity index (χ4n) is 3.14. The summed E-state index contributed by atoms with van der Waals surface area (Å²) in [4.78, 5) is 26.6. The van der Waals surface area contributed by atoms with Crippen LogP contribution in [0.4, 0.5) is 0 Å². The molecule has 0 radical (unpaired) electrons. The monoisotopic (exact) mass is 436 g/mol. The lowest BCUT2D eigenvalue weighted by molar-refractivity contribution is -0.134. The van der Waals surface area contributed by atoms with Crippen molar-refractivity contribution in [1.29, 1.82) is 0 Å². The van der Waals surface area contributed by atoms with Crippen molar-refractivity contribution in [3.8, 4) is 0 Å². The number of thioether (sulfide) groups is 1. The van der Waals surface area contributed by atoms with Gasteiger partial charge < -0.3 is 4.90 Å². The van der Waals surface area contributed by atoms with E-state index in [-0.39, 0.29) is 17.7 Å². The maximum atomic E-state index is 12.4. The third-order valence-electron chi connectivity index (χ3n) is 4.53. The van der Waals surface area contributed by atoms with Gasteiger partial charge in [-0.15, -0.1) is 0 Å². The number of ketones is 1. The molecule has 2 rings (SSSR count). The Morgan fingerprint density at radius 1 is 1.24 bits per heavy atom. The molecule has 1 aromatic carbocycles. The van der Waals surface area contributed by atoms with Crippen molar-refractivity contribution in [3.63, 3.8) is 0 Å². The second-order valence-corrected chi connectivity index (χ2v) is 9.23. The number of amides is 1. The fraction of sp³-hybridized carbons (Fsp3) is 0.545. The maximum Gasteiger partial charge on any atom is 0.223 e. The van der Waals surface area contributed by atoms with E-state index in [0.717, 1.165) is 48.6 Å². The molecule has 7 heteroatoms. The molecule has 1 saturated heterocycles. The lowest BCUT2D eigenvalue weighted by Gasteiger charge is -2.34. The Morgan fingerprint density at radius 2 is 2.03 bits per heavy atom. The molecule has 1 heterocycles. The fourth-order valence-corrected chi connectivity index (χ4v) is 4.75. The van der Waals surface area contributed by atoms with E-state index in [0.29, 0.717) is 12.8 Å². The number of hydroxylamine groups is 2. The quantitative estimate of drug-likeness (QED) is 0.202. The Kier molecular flexibility index (Phi) is 11.5. The molecule has 0 N–H and O–H groups in total. The number of carbonyl (C=O) groups is 2. The highest BCUT2D eigenvalue weighted by atomic mass is 32.2. The smallest absolute Gasteiger partial charge is 0.223 e. The maximum absolute atomic E-state index is 12.4. The second kappa shape index (κ2) is 13.9. The number of benzene rings is 1. The van der Waals surface area contributed by atoms with Crippen LogP contribution in [0.5, 0.6) is 0 Å². The summed E-state index contributed by atoms with van der Waals surface area (Å²) >= 11 is 3.33. The van der Waals surface area contributed by atoms with Crippen LogP contribution in [-0.2, 0) is 20.3 Å². The Morgan fingerprint density at radius 3 is 2.79 bits per heavy atom. The standard InChI is InChI=1S/C22H32N2O3S2/c1-23(2)27-29-16-7-15-28-17-14-24-20(10-6-11-22(24)26)12-13-21(25)18-19-8-4-3-5-9-19/h3-5,8-9,12-13,20H,6-7,10-11,14-18H2,1-2H3/b13-12+/t20-/m1/s1. The molecule has 0 aliphatic carbocycles. The van der Waals surface area contributed by atoms with E-state index < -0.39 is 0 Å². The number of piperidine rings is 1. The summed E-state index contributed by atoms with van der Waals surface area (Å²) in [5.74, 6) is 3.23. The second-order valence-electron chi connectivity index (χ2n) is 7.21. The van der Waals surface area contributed by atoms with E-state index in [2.05, 4.69) is 0 Å². The van der Waals surface area contributed by atoms with Gasteiger partial charge in [-0.2, -0.15) is 16.8 Å². The molecule has 160 valence electrons. The first kappa shape index (κ1) is 24.0. The Balaban J connectivity index is 1.72. The minimum absolute atomic E-state index is 0.0422. The predicted molar refractivity (Wildman–Crippen MR) is 123 cm³/mol. The molecule has 1 atom stereocenters. The first-order chi connectivity index (χ1) is 14.1. The van der Waals surface area contributed by atoms with Gasteiger partial charge in [0, 0.05) is 57.0 Å². The largest absolute Gasteiger partial charge is 0.335 e. The van der Waals surface area contributed by atoms with Crippen molar-refractivity contribution < 1.29 is 13.9 Å². The molecule has 0 spiro atoms. The summed E-state index contributed by atoms with van der Waals surface area (Å²) in [6.45, 7) is 0.743. The van der Waals surface area contributed by atoms with Crippen LogP contribution in [0, 0.1) is 0 Å². The summed E-state index contributed by atoms with van der Waals surface area (Å²) in [5, 5.41) is 1.69. The Bertz CT molecular complexity index is 653. The normalized spacial score (nSPS) is 17.4. The van der Waals surface area contributed by atoms with Crippen molar-refractivity contribution >= 4 is 35.5 Å². The van der Waals surface area contributed by atoms with Crippen molar-refractivity contribution in [1.82, 2.24) is 9.96 Å². The first-order valence-electron chi connectivity index (χ1n) is 10.2. The minimum atomic E-state index is 0.0422. The Labute approximate surface area is 183 Å². The van der Waals surface area contributed by atoms with Gasteiger partial charge in [0.25, 0.3) is 0 Å². The van der Waals surface area contributed by atoms with Crippen LogP contribution in [-0.4, -0.2) is 65.6 Å². The molecule has 1 aliphatic heterocycles. The molecule has 0 aromatic heterocycles. The summed E-state index contributed by atoms with van der Waals surface area (Å²) in [6, 6.07) is 9.80. The van der Waals surface area contributed by atoms with Gasteiger partial charge in [0.2, 0.25) is 5.91 Å². The highest BCUT2D eigenvalue weighted by molar-refractivity contribution is 7.99. The number of rotatable bonds is 13. The molecular formula is C22H32N2O3S2. The van der Waals surface area contributed by atoms with Crippen molar-refractivity contribution in [3.05, 3.63) is 48.0 Å². The van der Waals surface area contributed by atoms with E-state index in [9.17, 15) is 9.59 Å². The predicted octanol–water partition coefficient (Wildman–Crippen LogP) is 4.00. The molecule has 0 unspecified atom stereocenters. The van der Waals surface area contributed by atoms with Crippen molar-refractivity contribution in [2.45, 2.75) is 38.1 Å². The number of hydrogen-bond donors (Lipinski definition) is 0. The first-order valence-corrected chi connectivity index (χ1v) is 12.2. The van der Waals surface area contributed by atoms with Gasteiger partial charge in [0.15, 0.2) is 5.78 Å². The Hall–Kier alpha value is -1.28. The highest BCUT2D eigenvalue weighted by Gasteiger charge is 2.25. The molecule has 1 amide bonds. The van der Waals surface area contributed by atoms with Crippen LogP contribution >= 0.6 is 23.8 Å². The van der Waals surface area contributed by atoms with Gasteiger partial charge in [-0.25, -0.2) is 4.28 Å². The molecule has 29 heavy (non-hydrogen) atoms. The van der Waals surface area contributed by atoms with Gasteiger partial charge in [0.1, 0.15) is 0 Å². The number of hydrogen-bond acceptors (Lipinski definition) is 6. The van der Waals surface area contributed by atoms with Crippen LogP contribution < -0.4 is 0 Å². The van der Waals surface area contributed by atoms with Crippen LogP contribution in [0.2, 0.25) is 0 Å². The average molecular weight is 437 g/mol. The molecule has 0 saturated carbocycles. The zero-order valence-electron chi connectivity index (χ0n) is 17.4. The van der Waals surface area contributed by atoms with Crippen molar-refractivity contribution in [2.75, 3.05) is 37.9 Å². The summed E-state index contributed by atoms with van der Waals surface area (Å²) < 4.78 is 5.31. The van der Waals surface area contributed by atoms with E-state index in [4.69, 9.17) is 4.28 Å². The van der Waals surface area contributed by atoms with E-state index in [1.165, 1.54) is 12.0 Å². The van der Waals surface area contributed by atoms with Gasteiger partial charge in [-0.3, -0.25) is 9.59 Å². The zero-order valence-corrected chi connectivity index (χ0v) is 19.1. The van der Waals surface area contributed by atoms with Gasteiger partial charge in [0.05, 0.1) is 6.04 Å². The zero-order chi connectivity index (χ0) is 20.9. The molecule has 1 fully saturated rings.